The molecule has 12 N–H and O–H groups in total. The molecule has 18 heteroatoms. The van der Waals surface area contributed by atoms with Gasteiger partial charge in [0.2, 0.25) is 41.4 Å². The van der Waals surface area contributed by atoms with Crippen molar-refractivity contribution in [3.8, 4) is 5.75 Å². The Morgan fingerprint density at radius 1 is 0.660 bits per heavy atom. The van der Waals surface area contributed by atoms with E-state index in [0.717, 1.165) is 0 Å². The van der Waals surface area contributed by atoms with Crippen LogP contribution in [-0.4, -0.2) is 100 Å². The first-order chi connectivity index (χ1) is 23.2. The monoisotopic (exact) mass is 706 g/mol. The molecule has 0 heterocycles. The molecule has 0 spiro atoms. The largest absolute Gasteiger partial charge is 0.508 e. The van der Waals surface area contributed by atoms with Crippen molar-refractivity contribution in [2.75, 3.05) is 6.54 Å². The van der Waals surface area contributed by atoms with Crippen LogP contribution in [0.15, 0.2) is 24.3 Å². The van der Waals surface area contributed by atoms with E-state index in [1.807, 2.05) is 0 Å². The minimum Gasteiger partial charge on any atom is -0.508 e. The van der Waals surface area contributed by atoms with Gasteiger partial charge in [0.25, 0.3) is 0 Å². The van der Waals surface area contributed by atoms with E-state index < -0.39 is 108 Å². The fourth-order valence-electron chi connectivity index (χ4n) is 4.45. The number of hydrogen-bond donors (Lipinski definition) is 10. The fraction of sp³-hybridized carbons (Fsp3) is 0.562. The van der Waals surface area contributed by atoms with E-state index in [2.05, 4.69) is 31.9 Å². The van der Waals surface area contributed by atoms with Gasteiger partial charge in [0.1, 0.15) is 36.0 Å². The van der Waals surface area contributed by atoms with Crippen LogP contribution in [0.1, 0.15) is 59.9 Å². The highest BCUT2D eigenvalue weighted by molar-refractivity contribution is 5.97. The van der Waals surface area contributed by atoms with Gasteiger partial charge in [-0.1, -0.05) is 39.8 Å². The summed E-state index contributed by atoms with van der Waals surface area (Å²) in [6.45, 7) is 8.77. The second kappa shape index (κ2) is 20.3. The van der Waals surface area contributed by atoms with Crippen LogP contribution in [0.25, 0.3) is 0 Å². The van der Waals surface area contributed by atoms with Crippen LogP contribution in [-0.2, 0) is 44.8 Å². The zero-order chi connectivity index (χ0) is 38.3. The molecule has 0 aliphatic carbocycles. The van der Waals surface area contributed by atoms with E-state index in [9.17, 15) is 48.6 Å². The van der Waals surface area contributed by atoms with Gasteiger partial charge in [-0.2, -0.15) is 0 Å². The second-order valence-corrected chi connectivity index (χ2v) is 12.6. The van der Waals surface area contributed by atoms with Gasteiger partial charge >= 0.3 is 5.97 Å². The molecule has 0 aromatic heterocycles. The predicted molar refractivity (Wildman–Crippen MR) is 180 cm³/mol. The summed E-state index contributed by atoms with van der Waals surface area (Å²) in [6.07, 6.45) is -0.765. The number of rotatable bonds is 20. The lowest BCUT2D eigenvalue weighted by Crippen LogP contribution is -2.60. The summed E-state index contributed by atoms with van der Waals surface area (Å²) >= 11 is 0. The topological polar surface area (TPSA) is 301 Å². The summed E-state index contributed by atoms with van der Waals surface area (Å²) in [5, 5.41) is 33.3. The zero-order valence-corrected chi connectivity index (χ0v) is 29.1. The summed E-state index contributed by atoms with van der Waals surface area (Å²) in [4.78, 5) is 99.9. The Balaban J connectivity index is 2.92. The maximum atomic E-state index is 13.3. The molecule has 50 heavy (non-hydrogen) atoms. The Bertz CT molecular complexity index is 1390. The van der Waals surface area contributed by atoms with Gasteiger partial charge in [-0.05, 0) is 56.2 Å². The number of carboxylic acid groups (broad SMARTS) is 1. The Kier molecular flexibility index (Phi) is 17.4. The number of nitrogens with one attached hydrogen (secondary N) is 6. The SMILES string of the molecule is CC(C)[C@H](NC(=O)[C@H](CCC(=O)O)NC(=O)[C@H](C)NC(=O)[C@@H](C)NC(=O)[C@@H](N)Cc1ccc(O)cc1)C(=O)N[C@H](C(=O)NCC(N)=O)C(C)C. The minimum absolute atomic E-state index is 0.0502. The molecule has 7 amide bonds. The summed E-state index contributed by atoms with van der Waals surface area (Å²) in [7, 11) is 0. The summed E-state index contributed by atoms with van der Waals surface area (Å²) in [5.41, 5.74) is 11.7. The number of nitrogens with two attached hydrogens (primary N) is 2. The average molecular weight is 707 g/mol. The van der Waals surface area contributed by atoms with Crippen LogP contribution in [0.2, 0.25) is 0 Å². The van der Waals surface area contributed by atoms with E-state index in [1.165, 1.54) is 26.0 Å². The maximum Gasteiger partial charge on any atom is 0.303 e. The molecule has 0 saturated carbocycles. The molecular weight excluding hydrogens is 656 g/mol. The van der Waals surface area contributed by atoms with Gasteiger partial charge in [0.05, 0.1) is 12.6 Å². The van der Waals surface area contributed by atoms with Gasteiger partial charge in [0.15, 0.2) is 0 Å². The highest BCUT2D eigenvalue weighted by Gasteiger charge is 2.33. The lowest BCUT2D eigenvalue weighted by atomic mass is 9.99. The van der Waals surface area contributed by atoms with Crippen LogP contribution in [0.4, 0.5) is 0 Å². The van der Waals surface area contributed by atoms with Crippen LogP contribution < -0.4 is 43.4 Å². The highest BCUT2D eigenvalue weighted by atomic mass is 16.4. The number of carboxylic acids is 1. The molecule has 0 unspecified atom stereocenters. The van der Waals surface area contributed by atoms with Gasteiger partial charge in [-0.25, -0.2) is 0 Å². The number of carbonyl (C=O) groups is 8. The van der Waals surface area contributed by atoms with Crippen LogP contribution in [0.3, 0.4) is 0 Å². The van der Waals surface area contributed by atoms with Crippen molar-refractivity contribution in [3.05, 3.63) is 29.8 Å². The van der Waals surface area contributed by atoms with Crippen LogP contribution in [0.5, 0.6) is 5.75 Å². The molecule has 0 aliphatic heterocycles. The Morgan fingerprint density at radius 2 is 1.14 bits per heavy atom. The van der Waals surface area contributed by atoms with E-state index in [4.69, 9.17) is 11.5 Å². The smallest absolute Gasteiger partial charge is 0.303 e. The van der Waals surface area contributed by atoms with E-state index in [0.29, 0.717) is 5.56 Å². The Labute approximate surface area is 290 Å². The maximum absolute atomic E-state index is 13.3. The second-order valence-electron chi connectivity index (χ2n) is 12.6. The number of carbonyl (C=O) groups excluding carboxylic acids is 7. The van der Waals surface area contributed by atoms with Gasteiger partial charge in [-0.3, -0.25) is 38.4 Å². The molecule has 0 bridgehead atoms. The van der Waals surface area contributed by atoms with Crippen molar-refractivity contribution in [1.29, 1.82) is 0 Å². The van der Waals surface area contributed by atoms with Crippen molar-refractivity contribution < 1.29 is 48.6 Å². The fourth-order valence-corrected chi connectivity index (χ4v) is 4.45. The van der Waals surface area contributed by atoms with Crippen LogP contribution >= 0.6 is 0 Å². The van der Waals surface area contributed by atoms with Crippen molar-refractivity contribution >= 4 is 47.3 Å². The van der Waals surface area contributed by atoms with E-state index >= 15 is 0 Å². The van der Waals surface area contributed by atoms with Crippen LogP contribution in [0, 0.1) is 11.8 Å². The standard InChI is InChI=1S/C32H50N8O10/c1-15(2)25(31(49)35-14-23(34)42)40-32(50)26(16(3)4)39-30(48)22(11-12-24(43)44)38-28(46)18(6)36-27(45)17(5)37-29(47)21(33)13-19-7-9-20(41)10-8-19/h7-10,15-18,21-22,25-26,41H,11-14,33H2,1-6H3,(H2,34,42)(H,35,49)(H,36,45)(H,37,47)(H,38,46)(H,39,48)(H,40,50)(H,43,44)/t17-,18+,21+,22+,25+,26+/m1/s1. The number of aromatic hydroxyl groups is 1. The lowest BCUT2D eigenvalue weighted by Gasteiger charge is -2.28. The third-order valence-corrected chi connectivity index (χ3v) is 7.44. The Hall–Kier alpha value is -5.26. The zero-order valence-electron chi connectivity index (χ0n) is 29.1. The molecule has 6 atom stereocenters. The molecule has 1 rings (SSSR count). The number of primary amides is 1. The molecule has 1 aromatic rings. The number of amides is 7. The van der Waals surface area contributed by atoms with E-state index in [-0.39, 0.29) is 18.6 Å². The average Bonchev–Trinajstić information content (AvgIpc) is 3.03. The molecular formula is C32H50N8O10. The van der Waals surface area contributed by atoms with Crippen molar-refractivity contribution in [2.24, 2.45) is 23.3 Å². The quantitative estimate of drug-likeness (QED) is 0.0676. The first-order valence-corrected chi connectivity index (χ1v) is 16.1. The molecule has 0 radical (unpaired) electrons. The molecule has 0 saturated heterocycles. The van der Waals surface area contributed by atoms with Gasteiger partial charge in [-0.15, -0.1) is 0 Å². The normalized spacial score (nSPS) is 14.6. The summed E-state index contributed by atoms with van der Waals surface area (Å²) in [5.74, 6) is -7.50. The minimum atomic E-state index is -1.44. The number of hydrogen-bond acceptors (Lipinski definition) is 10. The molecule has 278 valence electrons. The lowest BCUT2D eigenvalue weighted by molar-refractivity contribution is -0.139. The number of aliphatic carboxylic acids is 1. The number of benzene rings is 1. The molecule has 0 aliphatic rings. The van der Waals surface area contributed by atoms with E-state index in [1.54, 1.807) is 39.8 Å². The molecule has 0 fully saturated rings. The highest BCUT2D eigenvalue weighted by Crippen LogP contribution is 2.11. The first kappa shape index (κ1) is 42.8. The van der Waals surface area contributed by atoms with Crippen molar-refractivity contribution in [1.82, 2.24) is 31.9 Å². The summed E-state index contributed by atoms with van der Waals surface area (Å²) < 4.78 is 0. The summed E-state index contributed by atoms with van der Waals surface area (Å²) in [6, 6.07) is -1.06. The number of phenolic OH excluding ortho intramolecular Hbond substituents is 1. The van der Waals surface area contributed by atoms with Gasteiger partial charge in [0, 0.05) is 6.42 Å². The predicted octanol–water partition coefficient (Wildman–Crippen LogP) is -2.50. The molecule has 18 nitrogen and oxygen atoms in total. The van der Waals surface area contributed by atoms with Crippen molar-refractivity contribution in [2.45, 2.75) is 97.1 Å². The third kappa shape index (κ3) is 14.9. The van der Waals surface area contributed by atoms with Gasteiger partial charge < -0.3 is 53.6 Å². The Morgan fingerprint density at radius 3 is 1.64 bits per heavy atom. The van der Waals surface area contributed by atoms with Crippen molar-refractivity contribution in [3.63, 3.8) is 0 Å². The first-order valence-electron chi connectivity index (χ1n) is 16.1. The molecule has 1 aromatic carbocycles. The number of phenols is 1. The third-order valence-electron chi connectivity index (χ3n) is 7.44.